The van der Waals surface area contributed by atoms with E-state index in [0.717, 1.165) is 25.7 Å². The van der Waals surface area contributed by atoms with Crippen LogP contribution in [0.25, 0.3) is 0 Å². The lowest BCUT2D eigenvalue weighted by Gasteiger charge is -2.20. The van der Waals surface area contributed by atoms with Gasteiger partial charge in [-0.3, -0.25) is 4.79 Å². The molecule has 1 heterocycles. The van der Waals surface area contributed by atoms with Crippen LogP contribution in [0.15, 0.2) is 15.9 Å². The van der Waals surface area contributed by atoms with Crippen molar-refractivity contribution in [1.82, 2.24) is 0 Å². The average Bonchev–Trinajstić information content (AvgIpc) is 2.52. The number of halogens is 1. The van der Waals surface area contributed by atoms with Gasteiger partial charge in [-0.1, -0.05) is 0 Å². The Morgan fingerprint density at radius 2 is 2.43 bits per heavy atom. The van der Waals surface area contributed by atoms with Crippen LogP contribution in [0.4, 0.5) is 0 Å². The van der Waals surface area contributed by atoms with E-state index in [1.807, 2.05) is 0 Å². The molecule has 76 valence electrons. The highest BCUT2D eigenvalue weighted by Gasteiger charge is 2.20. The highest BCUT2D eigenvalue weighted by Crippen LogP contribution is 2.30. The van der Waals surface area contributed by atoms with E-state index in [1.165, 1.54) is 15.8 Å². The second-order valence-electron chi connectivity index (χ2n) is 3.90. The fourth-order valence-corrected chi connectivity index (χ4v) is 3.65. The molecule has 1 nitrogen and oxygen atoms in total. The summed E-state index contributed by atoms with van der Waals surface area (Å²) >= 11 is 5.32. The molecule has 1 aromatic heterocycles. The Kier molecular flexibility index (Phi) is 3.39. The van der Waals surface area contributed by atoms with E-state index in [-0.39, 0.29) is 0 Å². The van der Waals surface area contributed by atoms with Crippen molar-refractivity contribution in [2.45, 2.75) is 32.1 Å². The first-order valence-corrected chi connectivity index (χ1v) is 6.66. The minimum Gasteiger partial charge on any atom is -0.300 e. The molecule has 2 rings (SSSR count). The number of rotatable bonds is 2. The van der Waals surface area contributed by atoms with Crippen molar-refractivity contribution in [1.29, 1.82) is 0 Å². The van der Waals surface area contributed by atoms with Gasteiger partial charge in [0.25, 0.3) is 0 Å². The summed E-state index contributed by atoms with van der Waals surface area (Å²) in [4.78, 5) is 12.7. The van der Waals surface area contributed by atoms with Crippen LogP contribution in [-0.2, 0) is 11.2 Å². The first kappa shape index (κ1) is 10.4. The van der Waals surface area contributed by atoms with Gasteiger partial charge in [-0.05, 0) is 52.6 Å². The Labute approximate surface area is 96.6 Å². The van der Waals surface area contributed by atoms with Crippen molar-refractivity contribution in [3.05, 3.63) is 20.8 Å². The van der Waals surface area contributed by atoms with Crippen LogP contribution < -0.4 is 0 Å². The summed E-state index contributed by atoms with van der Waals surface area (Å²) in [6, 6.07) is 2.09. The van der Waals surface area contributed by atoms with E-state index in [9.17, 15) is 4.79 Å². The lowest BCUT2D eigenvalue weighted by Crippen LogP contribution is -2.16. The van der Waals surface area contributed by atoms with Crippen LogP contribution in [-0.4, -0.2) is 5.78 Å². The Bertz CT molecular complexity index is 332. The van der Waals surface area contributed by atoms with Crippen molar-refractivity contribution < 1.29 is 4.79 Å². The minimum atomic E-state index is 0.453. The van der Waals surface area contributed by atoms with Gasteiger partial charge >= 0.3 is 0 Å². The Morgan fingerprint density at radius 1 is 1.57 bits per heavy atom. The van der Waals surface area contributed by atoms with Gasteiger partial charge in [0.05, 0.1) is 0 Å². The maximum Gasteiger partial charge on any atom is 0.133 e. The van der Waals surface area contributed by atoms with E-state index >= 15 is 0 Å². The predicted molar refractivity (Wildman–Crippen MR) is 62.7 cm³/mol. The number of hydrogen-bond acceptors (Lipinski definition) is 2. The average molecular weight is 273 g/mol. The molecule has 0 saturated heterocycles. The maximum absolute atomic E-state index is 11.3. The summed E-state index contributed by atoms with van der Waals surface area (Å²) in [6.07, 6.45) is 4.99. The standard InChI is InChI=1S/C11H13BrOS/c12-10-4-5-14-11(10)7-8-2-1-3-9(13)6-8/h4-5,8H,1-3,6-7H2. The summed E-state index contributed by atoms with van der Waals surface area (Å²) in [6.45, 7) is 0. The van der Waals surface area contributed by atoms with E-state index < -0.39 is 0 Å². The molecule has 0 radical (unpaired) electrons. The van der Waals surface area contributed by atoms with E-state index in [2.05, 4.69) is 27.4 Å². The lowest BCUT2D eigenvalue weighted by molar-refractivity contribution is -0.121. The number of hydrogen-bond donors (Lipinski definition) is 0. The van der Waals surface area contributed by atoms with Crippen LogP contribution >= 0.6 is 27.3 Å². The first-order chi connectivity index (χ1) is 6.75. The van der Waals surface area contributed by atoms with Gasteiger partial charge in [-0.15, -0.1) is 11.3 Å². The molecule has 0 amide bonds. The van der Waals surface area contributed by atoms with Crippen molar-refractivity contribution >= 4 is 33.0 Å². The summed E-state index contributed by atoms with van der Waals surface area (Å²) in [5.41, 5.74) is 0. The van der Waals surface area contributed by atoms with E-state index in [4.69, 9.17) is 0 Å². The monoisotopic (exact) mass is 272 g/mol. The SMILES string of the molecule is O=C1CCCC(Cc2sccc2Br)C1. The molecule has 1 unspecified atom stereocenters. The lowest BCUT2D eigenvalue weighted by atomic mass is 9.86. The zero-order valence-corrected chi connectivity index (χ0v) is 10.4. The predicted octanol–water partition coefficient (Wildman–Crippen LogP) is 3.81. The Morgan fingerprint density at radius 3 is 3.07 bits per heavy atom. The molecular formula is C11H13BrOS. The topological polar surface area (TPSA) is 17.1 Å². The van der Waals surface area contributed by atoms with Gasteiger partial charge in [0.2, 0.25) is 0 Å². The van der Waals surface area contributed by atoms with Crippen molar-refractivity contribution in [2.24, 2.45) is 5.92 Å². The van der Waals surface area contributed by atoms with Gasteiger partial charge in [-0.2, -0.15) is 0 Å². The second kappa shape index (κ2) is 4.58. The maximum atomic E-state index is 11.3. The number of Topliss-reactive ketones (excluding diaryl/α,β-unsaturated/α-hetero) is 1. The molecule has 0 N–H and O–H groups in total. The summed E-state index contributed by atoms with van der Waals surface area (Å²) in [7, 11) is 0. The smallest absolute Gasteiger partial charge is 0.133 e. The molecule has 1 aliphatic carbocycles. The highest BCUT2D eigenvalue weighted by atomic mass is 79.9. The first-order valence-electron chi connectivity index (χ1n) is 4.99. The molecular weight excluding hydrogens is 260 g/mol. The molecule has 0 bridgehead atoms. The third-order valence-corrected chi connectivity index (χ3v) is 4.70. The second-order valence-corrected chi connectivity index (χ2v) is 5.75. The number of carbonyl (C=O) groups excluding carboxylic acids is 1. The Balaban J connectivity index is 1.97. The quantitative estimate of drug-likeness (QED) is 0.800. The molecule has 3 heteroatoms. The molecule has 0 aliphatic heterocycles. The number of carbonyl (C=O) groups is 1. The third-order valence-electron chi connectivity index (χ3n) is 2.75. The van der Waals surface area contributed by atoms with Gasteiger partial charge < -0.3 is 0 Å². The summed E-state index contributed by atoms with van der Waals surface area (Å²) < 4.78 is 1.21. The van der Waals surface area contributed by atoms with Crippen LogP contribution in [0.3, 0.4) is 0 Å². The molecule has 1 aromatic rings. The molecule has 1 saturated carbocycles. The van der Waals surface area contributed by atoms with Gasteiger partial charge in [0.1, 0.15) is 5.78 Å². The normalized spacial score (nSPS) is 22.6. The molecule has 0 spiro atoms. The fraction of sp³-hybridized carbons (Fsp3) is 0.545. The zero-order chi connectivity index (χ0) is 9.97. The number of ketones is 1. The molecule has 1 fully saturated rings. The zero-order valence-electron chi connectivity index (χ0n) is 7.96. The van der Waals surface area contributed by atoms with Crippen LogP contribution in [0, 0.1) is 5.92 Å². The Hall–Kier alpha value is -0.150. The van der Waals surface area contributed by atoms with Gasteiger partial charge in [0.15, 0.2) is 0 Å². The van der Waals surface area contributed by atoms with Crippen LogP contribution in [0.5, 0.6) is 0 Å². The van der Waals surface area contributed by atoms with Crippen molar-refractivity contribution in [3.8, 4) is 0 Å². The van der Waals surface area contributed by atoms with Gasteiger partial charge in [-0.25, -0.2) is 0 Å². The fourth-order valence-electron chi connectivity index (χ4n) is 2.02. The molecule has 14 heavy (non-hydrogen) atoms. The van der Waals surface area contributed by atoms with Crippen molar-refractivity contribution in [2.75, 3.05) is 0 Å². The van der Waals surface area contributed by atoms with E-state index in [1.54, 1.807) is 11.3 Å². The van der Waals surface area contributed by atoms with E-state index in [0.29, 0.717) is 11.7 Å². The molecule has 1 aliphatic rings. The van der Waals surface area contributed by atoms with Gasteiger partial charge in [0, 0.05) is 22.2 Å². The molecule has 1 atom stereocenters. The third kappa shape index (κ3) is 2.45. The van der Waals surface area contributed by atoms with Crippen LogP contribution in [0.1, 0.15) is 30.6 Å². The minimum absolute atomic E-state index is 0.453. The van der Waals surface area contributed by atoms with Crippen LogP contribution in [0.2, 0.25) is 0 Å². The summed E-state index contributed by atoms with van der Waals surface area (Å²) in [5.74, 6) is 1.04. The number of thiophene rings is 1. The summed E-state index contributed by atoms with van der Waals surface area (Å²) in [5, 5.41) is 2.10. The highest BCUT2D eigenvalue weighted by molar-refractivity contribution is 9.10. The van der Waals surface area contributed by atoms with Crippen molar-refractivity contribution in [3.63, 3.8) is 0 Å². The largest absolute Gasteiger partial charge is 0.300 e. The molecule has 0 aromatic carbocycles.